The predicted octanol–water partition coefficient (Wildman–Crippen LogP) is 6.65. The molecule has 1 saturated carbocycles. The molecule has 124 valence electrons. The second kappa shape index (κ2) is 12.5. The largest absolute Gasteiger partial charge is 0.489 e. The van der Waals surface area contributed by atoms with E-state index in [0.29, 0.717) is 6.61 Å². The fraction of sp³-hybridized carbons (Fsp3) is 0.364. The van der Waals surface area contributed by atoms with Crippen LogP contribution in [0, 0.1) is 5.92 Å². The lowest BCUT2D eigenvalue weighted by Gasteiger charge is -2.05. The van der Waals surface area contributed by atoms with E-state index in [4.69, 9.17) is 4.74 Å². The Bertz CT molecular complexity index is 459. The molecular weight excluding hydrogens is 280 g/mol. The number of hydrogen-bond donors (Lipinski definition) is 0. The van der Waals surface area contributed by atoms with Crippen molar-refractivity contribution in [2.75, 3.05) is 0 Å². The Morgan fingerprint density at radius 3 is 1.87 bits per heavy atom. The summed E-state index contributed by atoms with van der Waals surface area (Å²) < 4.78 is 5.59. The van der Waals surface area contributed by atoms with Crippen LogP contribution in [0.5, 0.6) is 5.75 Å². The summed E-state index contributed by atoms with van der Waals surface area (Å²) >= 11 is 0. The van der Waals surface area contributed by atoms with Crippen LogP contribution < -0.4 is 4.74 Å². The molecule has 0 atom stereocenters. The van der Waals surface area contributed by atoms with Crippen LogP contribution >= 0.6 is 0 Å². The highest BCUT2D eigenvalue weighted by molar-refractivity contribution is 5.22. The summed E-state index contributed by atoms with van der Waals surface area (Å²) in [5, 5.41) is 0. The van der Waals surface area contributed by atoms with Crippen LogP contribution in [0.25, 0.3) is 0 Å². The molecule has 1 fully saturated rings. The van der Waals surface area contributed by atoms with Crippen molar-refractivity contribution in [3.05, 3.63) is 78.9 Å². The van der Waals surface area contributed by atoms with Gasteiger partial charge in [-0.05, 0) is 30.5 Å². The van der Waals surface area contributed by atoms with E-state index in [1.54, 1.807) is 6.08 Å². The summed E-state index contributed by atoms with van der Waals surface area (Å²) in [7, 11) is 0. The number of hydrogen-bond acceptors (Lipinski definition) is 1. The maximum Gasteiger partial charge on any atom is 0.119 e. The minimum absolute atomic E-state index is 0.630. The molecule has 0 saturated heterocycles. The molecule has 2 aromatic rings. The molecule has 23 heavy (non-hydrogen) atoms. The van der Waals surface area contributed by atoms with Gasteiger partial charge in [-0.2, -0.15) is 0 Å². The molecule has 0 radical (unpaired) electrons. The van der Waals surface area contributed by atoms with Gasteiger partial charge in [-0.25, -0.2) is 0 Å². The van der Waals surface area contributed by atoms with Gasteiger partial charge < -0.3 is 4.74 Å². The Labute approximate surface area is 142 Å². The minimum Gasteiger partial charge on any atom is -0.489 e. The number of rotatable bonds is 3. The molecule has 1 heteroatoms. The van der Waals surface area contributed by atoms with Crippen molar-refractivity contribution in [3.8, 4) is 5.75 Å². The lowest BCUT2D eigenvalue weighted by molar-refractivity contribution is 0.306. The molecule has 1 aliphatic carbocycles. The Kier molecular flexibility index (Phi) is 10.4. The SMILES string of the molecule is C=CC.CC1CCCC1.c1ccc(COc2ccccc2)cc1. The maximum absolute atomic E-state index is 5.59. The van der Waals surface area contributed by atoms with Gasteiger partial charge in [0.05, 0.1) is 0 Å². The van der Waals surface area contributed by atoms with Crippen molar-refractivity contribution in [2.45, 2.75) is 46.1 Å². The Morgan fingerprint density at radius 2 is 1.43 bits per heavy atom. The van der Waals surface area contributed by atoms with Gasteiger partial charge in [0.25, 0.3) is 0 Å². The van der Waals surface area contributed by atoms with Crippen LogP contribution in [0.1, 0.15) is 45.1 Å². The molecule has 0 aliphatic heterocycles. The van der Waals surface area contributed by atoms with Crippen LogP contribution in [0.15, 0.2) is 73.3 Å². The molecule has 2 aromatic carbocycles. The van der Waals surface area contributed by atoms with E-state index in [-0.39, 0.29) is 0 Å². The monoisotopic (exact) mass is 310 g/mol. The molecule has 0 bridgehead atoms. The third-order valence-corrected chi connectivity index (χ3v) is 3.64. The van der Waals surface area contributed by atoms with E-state index in [1.807, 2.05) is 55.5 Å². The van der Waals surface area contributed by atoms with E-state index in [2.05, 4.69) is 25.6 Å². The van der Waals surface area contributed by atoms with Crippen molar-refractivity contribution in [3.63, 3.8) is 0 Å². The molecule has 0 amide bonds. The van der Waals surface area contributed by atoms with Crippen LogP contribution in [-0.4, -0.2) is 0 Å². The van der Waals surface area contributed by atoms with Crippen LogP contribution in [0.4, 0.5) is 0 Å². The maximum atomic E-state index is 5.59. The lowest BCUT2D eigenvalue weighted by Crippen LogP contribution is -1.94. The summed E-state index contributed by atoms with van der Waals surface area (Å²) in [5.74, 6) is 1.96. The molecule has 0 spiro atoms. The fourth-order valence-electron chi connectivity index (χ4n) is 2.39. The van der Waals surface area contributed by atoms with Gasteiger partial charge in [-0.1, -0.05) is 87.2 Å². The summed E-state index contributed by atoms with van der Waals surface area (Å²) in [6.07, 6.45) is 7.70. The second-order valence-corrected chi connectivity index (χ2v) is 5.89. The Balaban J connectivity index is 0.000000244. The lowest BCUT2D eigenvalue weighted by atomic mass is 10.2. The van der Waals surface area contributed by atoms with E-state index in [0.717, 1.165) is 11.7 Å². The number of allylic oxidation sites excluding steroid dienone is 1. The van der Waals surface area contributed by atoms with Crippen molar-refractivity contribution in [1.82, 2.24) is 0 Å². The van der Waals surface area contributed by atoms with E-state index in [1.165, 1.54) is 31.2 Å². The number of ether oxygens (including phenoxy) is 1. The summed E-state index contributed by atoms with van der Waals surface area (Å²) in [6.45, 7) is 8.22. The minimum atomic E-state index is 0.630. The summed E-state index contributed by atoms with van der Waals surface area (Å²) in [4.78, 5) is 0. The molecule has 1 aliphatic rings. The Morgan fingerprint density at radius 1 is 0.957 bits per heavy atom. The zero-order chi connectivity index (χ0) is 16.8. The van der Waals surface area contributed by atoms with Crippen molar-refractivity contribution in [2.24, 2.45) is 5.92 Å². The average molecular weight is 310 g/mol. The average Bonchev–Trinajstić information content (AvgIpc) is 3.07. The van der Waals surface area contributed by atoms with Gasteiger partial charge >= 0.3 is 0 Å². The summed E-state index contributed by atoms with van der Waals surface area (Å²) in [5.41, 5.74) is 1.19. The highest BCUT2D eigenvalue weighted by Gasteiger charge is 2.07. The third kappa shape index (κ3) is 9.57. The molecule has 0 heterocycles. The first-order valence-corrected chi connectivity index (χ1v) is 8.55. The first-order chi connectivity index (χ1) is 11.3. The zero-order valence-corrected chi connectivity index (χ0v) is 14.6. The third-order valence-electron chi connectivity index (χ3n) is 3.64. The van der Waals surface area contributed by atoms with Crippen LogP contribution in [0.3, 0.4) is 0 Å². The molecular formula is C22H30O. The quantitative estimate of drug-likeness (QED) is 0.576. The number of para-hydroxylation sites is 1. The molecule has 1 nitrogen and oxygen atoms in total. The topological polar surface area (TPSA) is 9.23 Å². The molecule has 0 aromatic heterocycles. The van der Waals surface area contributed by atoms with Gasteiger partial charge in [0.15, 0.2) is 0 Å². The zero-order valence-electron chi connectivity index (χ0n) is 14.6. The molecule has 0 unspecified atom stereocenters. The molecule has 0 N–H and O–H groups in total. The van der Waals surface area contributed by atoms with Gasteiger partial charge in [0.1, 0.15) is 12.4 Å². The van der Waals surface area contributed by atoms with E-state index in [9.17, 15) is 0 Å². The first-order valence-electron chi connectivity index (χ1n) is 8.55. The highest BCUT2D eigenvalue weighted by atomic mass is 16.5. The number of benzene rings is 2. The predicted molar refractivity (Wildman–Crippen MR) is 101 cm³/mol. The van der Waals surface area contributed by atoms with Gasteiger partial charge in [0, 0.05) is 0 Å². The summed E-state index contributed by atoms with van der Waals surface area (Å²) in [6, 6.07) is 20.0. The van der Waals surface area contributed by atoms with Crippen LogP contribution in [-0.2, 0) is 6.61 Å². The van der Waals surface area contributed by atoms with Gasteiger partial charge in [-0.3, -0.25) is 0 Å². The normalized spacial score (nSPS) is 13.1. The second-order valence-electron chi connectivity index (χ2n) is 5.89. The first kappa shape index (κ1) is 19.0. The van der Waals surface area contributed by atoms with Gasteiger partial charge in [0.2, 0.25) is 0 Å². The van der Waals surface area contributed by atoms with Crippen molar-refractivity contribution >= 4 is 0 Å². The van der Waals surface area contributed by atoms with Crippen LogP contribution in [0.2, 0.25) is 0 Å². The fourth-order valence-corrected chi connectivity index (χ4v) is 2.39. The van der Waals surface area contributed by atoms with Crippen molar-refractivity contribution < 1.29 is 4.74 Å². The van der Waals surface area contributed by atoms with Crippen molar-refractivity contribution in [1.29, 1.82) is 0 Å². The van der Waals surface area contributed by atoms with E-state index >= 15 is 0 Å². The van der Waals surface area contributed by atoms with Gasteiger partial charge in [-0.15, -0.1) is 6.58 Å². The smallest absolute Gasteiger partial charge is 0.119 e. The van der Waals surface area contributed by atoms with E-state index < -0.39 is 0 Å². The highest BCUT2D eigenvalue weighted by Crippen LogP contribution is 2.22. The standard InChI is InChI=1S/C13H12O.C6H12.C3H6/c1-3-7-12(8-4-1)11-14-13-9-5-2-6-10-13;1-6-4-2-3-5-6;1-3-2/h1-10H,11H2;6H,2-5H2,1H3;3H,1H2,2H3. The molecule has 3 rings (SSSR count). The Hall–Kier alpha value is -2.02.